The molecular formula is C30H26ClN3O8. The summed E-state index contributed by atoms with van der Waals surface area (Å²) in [5.74, 6) is -2.15. The third kappa shape index (κ3) is 6.82. The number of aromatic nitrogens is 2. The molecule has 0 saturated carbocycles. The number of anilines is 1. The number of rotatable bonds is 8. The fraction of sp³-hybridized carbons (Fsp3) is 0.167. The maximum Gasteiger partial charge on any atom is 0.351 e. The van der Waals surface area contributed by atoms with Gasteiger partial charge in [0.05, 0.1) is 16.7 Å². The Kier molecular flexibility index (Phi) is 9.69. The Hall–Kier alpha value is -5.00. The summed E-state index contributed by atoms with van der Waals surface area (Å²) in [6.07, 6.45) is -3.71. The van der Waals surface area contributed by atoms with Crippen LogP contribution in [-0.2, 0) is 18.9 Å². The van der Waals surface area contributed by atoms with E-state index < -0.39 is 48.1 Å². The van der Waals surface area contributed by atoms with Gasteiger partial charge in [-0.25, -0.2) is 19.2 Å². The zero-order valence-corrected chi connectivity index (χ0v) is 22.8. The van der Waals surface area contributed by atoms with Crippen LogP contribution in [0.15, 0.2) is 108 Å². The van der Waals surface area contributed by atoms with Gasteiger partial charge in [0, 0.05) is 6.20 Å². The summed E-state index contributed by atoms with van der Waals surface area (Å²) in [5, 5.41) is 0. The van der Waals surface area contributed by atoms with Gasteiger partial charge in [-0.05, 0) is 42.5 Å². The number of esters is 3. The fourth-order valence-electron chi connectivity index (χ4n) is 4.30. The topological polar surface area (TPSA) is 149 Å². The summed E-state index contributed by atoms with van der Waals surface area (Å²) >= 11 is 0. The SMILES string of the molecule is Cl.Nc1ccn([C@@H]2O[C@H](COC(=O)c3ccccc3)C(OC(=O)c3ccccc3)C2OC(=O)c2ccccc2)c(=O)n1. The second-order valence-corrected chi connectivity index (χ2v) is 9.04. The number of nitrogens with zero attached hydrogens (tertiary/aromatic N) is 2. The van der Waals surface area contributed by atoms with Gasteiger partial charge in [-0.3, -0.25) is 4.57 Å². The molecule has 4 atom stereocenters. The Labute approximate surface area is 246 Å². The molecule has 11 nitrogen and oxygen atoms in total. The Morgan fingerprint density at radius 2 is 1.21 bits per heavy atom. The van der Waals surface area contributed by atoms with Gasteiger partial charge in [-0.1, -0.05) is 54.6 Å². The van der Waals surface area contributed by atoms with Crippen LogP contribution >= 0.6 is 12.4 Å². The predicted molar refractivity (Wildman–Crippen MR) is 152 cm³/mol. The van der Waals surface area contributed by atoms with E-state index in [1.54, 1.807) is 91.0 Å². The second-order valence-electron chi connectivity index (χ2n) is 9.04. The van der Waals surface area contributed by atoms with E-state index in [0.29, 0.717) is 5.56 Å². The van der Waals surface area contributed by atoms with Crippen molar-refractivity contribution in [1.29, 1.82) is 0 Å². The van der Waals surface area contributed by atoms with Crippen LogP contribution < -0.4 is 11.4 Å². The van der Waals surface area contributed by atoms with Crippen molar-refractivity contribution >= 4 is 36.1 Å². The maximum absolute atomic E-state index is 13.1. The minimum Gasteiger partial charge on any atom is -0.459 e. The second kappa shape index (κ2) is 13.6. The molecule has 0 aliphatic carbocycles. The van der Waals surface area contributed by atoms with Crippen molar-refractivity contribution in [2.24, 2.45) is 0 Å². The highest BCUT2D eigenvalue weighted by Crippen LogP contribution is 2.34. The van der Waals surface area contributed by atoms with Crippen molar-refractivity contribution in [3.8, 4) is 0 Å². The summed E-state index contributed by atoms with van der Waals surface area (Å²) in [6, 6.07) is 26.0. The minimum absolute atomic E-state index is 0. The van der Waals surface area contributed by atoms with Crippen LogP contribution in [0, 0.1) is 0 Å². The number of nitrogen functional groups attached to an aromatic ring is 1. The molecule has 0 amide bonds. The standard InChI is InChI=1S/C30H25N3O8.ClH/c31-23-16-17-33(30(37)32-23)26-25(41-29(36)21-14-8-3-9-15-21)24(40-28(35)20-12-6-2-7-13-20)22(39-26)18-38-27(34)19-10-4-1-5-11-19;/h1-17,22,24-26H,18H2,(H2,31,32,37);1H/t22-,24?,25?,26-;/m1./s1. The molecule has 1 fully saturated rings. The first-order chi connectivity index (χ1) is 19.9. The quantitative estimate of drug-likeness (QED) is 0.238. The zero-order valence-electron chi connectivity index (χ0n) is 22.0. The molecule has 12 heteroatoms. The summed E-state index contributed by atoms with van der Waals surface area (Å²) in [6.45, 7) is -0.381. The normalized spacial score (nSPS) is 19.2. The van der Waals surface area contributed by atoms with E-state index in [-0.39, 0.29) is 36.0 Å². The molecule has 42 heavy (non-hydrogen) atoms. The molecule has 216 valence electrons. The molecule has 3 aromatic carbocycles. The van der Waals surface area contributed by atoms with Gasteiger partial charge in [0.15, 0.2) is 18.4 Å². The first kappa shape index (κ1) is 30.0. The molecule has 1 aliphatic heterocycles. The molecule has 4 aromatic rings. The lowest BCUT2D eigenvalue weighted by atomic mass is 10.1. The van der Waals surface area contributed by atoms with E-state index in [1.807, 2.05) is 0 Å². The summed E-state index contributed by atoms with van der Waals surface area (Å²) in [4.78, 5) is 55.5. The summed E-state index contributed by atoms with van der Waals surface area (Å²) < 4.78 is 24.3. The number of nitrogens with two attached hydrogens (primary N) is 1. The zero-order chi connectivity index (χ0) is 28.8. The van der Waals surface area contributed by atoms with Gasteiger partial charge in [0.1, 0.15) is 18.5 Å². The average molecular weight is 592 g/mol. The highest BCUT2D eigenvalue weighted by molar-refractivity contribution is 5.91. The fourth-order valence-corrected chi connectivity index (χ4v) is 4.30. The van der Waals surface area contributed by atoms with Gasteiger partial charge in [-0.15, -0.1) is 12.4 Å². The summed E-state index contributed by atoms with van der Waals surface area (Å²) in [5.41, 5.74) is 5.63. The van der Waals surface area contributed by atoms with Crippen molar-refractivity contribution in [3.05, 3.63) is 130 Å². The van der Waals surface area contributed by atoms with Crippen LogP contribution in [0.4, 0.5) is 5.82 Å². The Balaban J connectivity index is 0.00000405. The first-order valence-electron chi connectivity index (χ1n) is 12.6. The van der Waals surface area contributed by atoms with Gasteiger partial charge < -0.3 is 24.7 Å². The smallest absolute Gasteiger partial charge is 0.351 e. The van der Waals surface area contributed by atoms with Crippen molar-refractivity contribution < 1.29 is 33.3 Å². The lowest BCUT2D eigenvalue weighted by Crippen LogP contribution is -2.42. The number of carbonyl (C=O) groups excluding carboxylic acids is 3. The molecule has 5 rings (SSSR count). The van der Waals surface area contributed by atoms with E-state index in [9.17, 15) is 19.2 Å². The Morgan fingerprint density at radius 3 is 1.71 bits per heavy atom. The van der Waals surface area contributed by atoms with Crippen molar-refractivity contribution in [2.45, 2.75) is 24.5 Å². The molecule has 1 saturated heterocycles. The number of ether oxygens (including phenoxy) is 4. The number of carbonyl (C=O) groups is 3. The highest BCUT2D eigenvalue weighted by atomic mass is 35.5. The van der Waals surface area contributed by atoms with Crippen LogP contribution in [0.3, 0.4) is 0 Å². The number of halogens is 1. The number of benzene rings is 3. The monoisotopic (exact) mass is 591 g/mol. The van der Waals surface area contributed by atoms with E-state index in [2.05, 4.69) is 4.98 Å². The van der Waals surface area contributed by atoms with Gasteiger partial charge in [-0.2, -0.15) is 4.98 Å². The Bertz CT molecular complexity index is 1580. The maximum atomic E-state index is 13.1. The molecular weight excluding hydrogens is 566 g/mol. The van der Waals surface area contributed by atoms with Crippen LogP contribution in [-0.4, -0.2) is 52.4 Å². The molecule has 2 heterocycles. The highest BCUT2D eigenvalue weighted by Gasteiger charge is 2.51. The third-order valence-corrected chi connectivity index (χ3v) is 6.30. The van der Waals surface area contributed by atoms with E-state index in [0.717, 1.165) is 4.57 Å². The molecule has 2 N–H and O–H groups in total. The van der Waals surface area contributed by atoms with Crippen molar-refractivity contribution in [3.63, 3.8) is 0 Å². The number of hydrogen-bond acceptors (Lipinski definition) is 10. The first-order valence-corrected chi connectivity index (χ1v) is 12.6. The van der Waals surface area contributed by atoms with Crippen LogP contribution in [0.5, 0.6) is 0 Å². The molecule has 1 aromatic heterocycles. The molecule has 0 spiro atoms. The third-order valence-electron chi connectivity index (χ3n) is 6.30. The number of hydrogen-bond donors (Lipinski definition) is 1. The molecule has 1 aliphatic rings. The van der Waals surface area contributed by atoms with Gasteiger partial charge >= 0.3 is 23.6 Å². The molecule has 0 bridgehead atoms. The van der Waals surface area contributed by atoms with Crippen LogP contribution in [0.1, 0.15) is 37.3 Å². The van der Waals surface area contributed by atoms with Gasteiger partial charge in [0.25, 0.3) is 0 Å². The lowest BCUT2D eigenvalue weighted by Gasteiger charge is -2.25. The minimum atomic E-state index is -1.33. The Morgan fingerprint density at radius 1 is 0.738 bits per heavy atom. The predicted octanol–water partition coefficient (Wildman–Crippen LogP) is 3.45. The van der Waals surface area contributed by atoms with Gasteiger partial charge in [0.2, 0.25) is 0 Å². The summed E-state index contributed by atoms with van der Waals surface area (Å²) in [7, 11) is 0. The molecule has 0 radical (unpaired) electrons. The largest absolute Gasteiger partial charge is 0.459 e. The van der Waals surface area contributed by atoms with Crippen LogP contribution in [0.2, 0.25) is 0 Å². The average Bonchev–Trinajstić information content (AvgIpc) is 3.33. The lowest BCUT2D eigenvalue weighted by molar-refractivity contribution is -0.0639. The van der Waals surface area contributed by atoms with E-state index in [4.69, 9.17) is 24.7 Å². The molecule has 2 unspecified atom stereocenters. The van der Waals surface area contributed by atoms with E-state index in [1.165, 1.54) is 12.3 Å². The van der Waals surface area contributed by atoms with Crippen molar-refractivity contribution in [2.75, 3.05) is 12.3 Å². The van der Waals surface area contributed by atoms with Crippen LogP contribution in [0.25, 0.3) is 0 Å². The van der Waals surface area contributed by atoms with Crippen molar-refractivity contribution in [1.82, 2.24) is 9.55 Å². The van der Waals surface area contributed by atoms with E-state index >= 15 is 0 Å².